The van der Waals surface area contributed by atoms with Crippen molar-refractivity contribution in [2.24, 2.45) is 0 Å². The summed E-state index contributed by atoms with van der Waals surface area (Å²) in [5.41, 5.74) is 0. The standard InChI is InChI=1S/C8H7BrO3S.Na.H/c1-12-8(11)4-5(10)6-2-3-7(9)13-6;;/h2-3H,4H2,1H3;;/q;+1;-1. The molecule has 0 bridgehead atoms. The minimum Gasteiger partial charge on any atom is -1.00 e. The molecule has 0 saturated heterocycles. The molecular weight excluding hydrogens is 279 g/mol. The fraction of sp³-hybridized carbons (Fsp3) is 0.250. The van der Waals surface area contributed by atoms with E-state index >= 15 is 0 Å². The molecule has 0 fully saturated rings. The zero-order valence-electron chi connectivity index (χ0n) is 8.87. The van der Waals surface area contributed by atoms with Crippen molar-refractivity contribution in [1.82, 2.24) is 0 Å². The van der Waals surface area contributed by atoms with E-state index in [4.69, 9.17) is 0 Å². The van der Waals surface area contributed by atoms with Crippen LogP contribution in [0.2, 0.25) is 0 Å². The van der Waals surface area contributed by atoms with Crippen LogP contribution in [0.1, 0.15) is 17.5 Å². The monoisotopic (exact) mass is 286 g/mol. The summed E-state index contributed by atoms with van der Waals surface area (Å²) in [6, 6.07) is 3.45. The molecule has 72 valence electrons. The van der Waals surface area contributed by atoms with Crippen LogP contribution < -0.4 is 29.6 Å². The van der Waals surface area contributed by atoms with Gasteiger partial charge in [-0.1, -0.05) is 0 Å². The normalized spacial score (nSPS) is 9.00. The molecule has 0 aliphatic rings. The maximum atomic E-state index is 11.3. The topological polar surface area (TPSA) is 43.4 Å². The number of hydrogen-bond donors (Lipinski definition) is 0. The Morgan fingerprint density at radius 3 is 2.64 bits per heavy atom. The number of carbonyl (C=O) groups is 2. The number of esters is 1. The van der Waals surface area contributed by atoms with Crippen LogP contribution in [0.5, 0.6) is 0 Å². The quantitative estimate of drug-likeness (QED) is 0.322. The van der Waals surface area contributed by atoms with E-state index in [0.717, 1.165) is 3.79 Å². The summed E-state index contributed by atoms with van der Waals surface area (Å²) >= 11 is 4.54. The van der Waals surface area contributed by atoms with Gasteiger partial charge in [-0.3, -0.25) is 9.59 Å². The third-order valence-electron chi connectivity index (χ3n) is 1.38. The van der Waals surface area contributed by atoms with Crippen molar-refractivity contribution in [2.75, 3.05) is 7.11 Å². The zero-order chi connectivity index (χ0) is 9.84. The minimum atomic E-state index is -0.505. The van der Waals surface area contributed by atoms with Crippen molar-refractivity contribution in [2.45, 2.75) is 6.42 Å². The molecule has 1 heterocycles. The maximum absolute atomic E-state index is 11.3. The fourth-order valence-electron chi connectivity index (χ4n) is 0.755. The van der Waals surface area contributed by atoms with Gasteiger partial charge >= 0.3 is 35.5 Å². The summed E-state index contributed by atoms with van der Waals surface area (Å²) in [7, 11) is 1.26. The molecule has 1 rings (SSSR count). The number of ketones is 1. The van der Waals surface area contributed by atoms with Gasteiger partial charge in [0.05, 0.1) is 15.8 Å². The number of ether oxygens (including phenoxy) is 1. The van der Waals surface area contributed by atoms with Crippen molar-refractivity contribution in [3.63, 3.8) is 0 Å². The Bertz CT molecular complexity index is 342. The first-order chi connectivity index (χ1) is 6.13. The largest absolute Gasteiger partial charge is 1.00 e. The summed E-state index contributed by atoms with van der Waals surface area (Å²) in [4.78, 5) is 22.6. The number of Topliss-reactive ketones (excluding diaryl/α,β-unsaturated/α-hetero) is 1. The SMILES string of the molecule is COC(=O)CC(=O)c1ccc(Br)s1.[H-].[Na+]. The summed E-state index contributed by atoms with van der Waals surface area (Å²) in [6.07, 6.45) is -0.191. The number of halogens is 1. The Balaban J connectivity index is 0. The first-order valence-corrected chi connectivity index (χ1v) is 5.10. The number of rotatable bonds is 3. The molecule has 14 heavy (non-hydrogen) atoms. The summed E-state index contributed by atoms with van der Waals surface area (Å²) < 4.78 is 5.26. The predicted molar refractivity (Wildman–Crippen MR) is 54.1 cm³/mol. The molecule has 1 aromatic rings. The number of methoxy groups -OCH3 is 1. The van der Waals surface area contributed by atoms with Crippen LogP contribution >= 0.6 is 27.3 Å². The minimum absolute atomic E-state index is 0. The molecule has 0 aromatic carbocycles. The first kappa shape index (κ1) is 14.3. The Morgan fingerprint density at radius 2 is 2.21 bits per heavy atom. The van der Waals surface area contributed by atoms with E-state index in [1.807, 2.05) is 0 Å². The van der Waals surface area contributed by atoms with Crippen molar-refractivity contribution < 1.29 is 45.3 Å². The van der Waals surface area contributed by atoms with Crippen molar-refractivity contribution in [3.05, 3.63) is 20.8 Å². The number of hydrogen-bond acceptors (Lipinski definition) is 4. The van der Waals surface area contributed by atoms with Gasteiger partial charge in [0, 0.05) is 0 Å². The molecule has 6 heteroatoms. The molecule has 0 radical (unpaired) electrons. The van der Waals surface area contributed by atoms with Gasteiger partial charge in [0.1, 0.15) is 6.42 Å². The van der Waals surface area contributed by atoms with Crippen LogP contribution in [-0.2, 0) is 9.53 Å². The summed E-state index contributed by atoms with van der Waals surface area (Å²) in [6.45, 7) is 0. The molecule has 0 unspecified atom stereocenters. The number of carbonyl (C=O) groups excluding carboxylic acids is 2. The van der Waals surface area contributed by atoms with E-state index in [1.54, 1.807) is 12.1 Å². The van der Waals surface area contributed by atoms with E-state index in [2.05, 4.69) is 20.7 Å². The zero-order valence-corrected chi connectivity index (χ0v) is 12.3. The van der Waals surface area contributed by atoms with Gasteiger partial charge in [0.15, 0.2) is 5.78 Å². The van der Waals surface area contributed by atoms with E-state index < -0.39 is 5.97 Å². The van der Waals surface area contributed by atoms with Crippen LogP contribution in [0.3, 0.4) is 0 Å². The van der Waals surface area contributed by atoms with Crippen LogP contribution in [-0.4, -0.2) is 18.9 Å². The average Bonchev–Trinajstić information content (AvgIpc) is 2.51. The van der Waals surface area contributed by atoms with E-state index in [1.165, 1.54) is 18.4 Å². The van der Waals surface area contributed by atoms with Crippen molar-refractivity contribution >= 4 is 39.0 Å². The number of thiophene rings is 1. The van der Waals surface area contributed by atoms with Crippen molar-refractivity contribution in [3.8, 4) is 0 Å². The second-order valence-corrected chi connectivity index (χ2v) is 4.74. The van der Waals surface area contributed by atoms with Gasteiger partial charge in [-0.2, -0.15) is 0 Å². The van der Waals surface area contributed by atoms with Crippen LogP contribution in [0.4, 0.5) is 0 Å². The molecule has 0 N–H and O–H groups in total. The second kappa shape index (κ2) is 6.74. The molecular formula is C8H8BrNaO3S. The summed E-state index contributed by atoms with van der Waals surface area (Å²) in [5, 5.41) is 0. The van der Waals surface area contributed by atoms with Gasteiger partial charge < -0.3 is 6.16 Å². The molecule has 0 atom stereocenters. The van der Waals surface area contributed by atoms with Gasteiger partial charge in [-0.05, 0) is 28.1 Å². The van der Waals surface area contributed by atoms with E-state index in [9.17, 15) is 9.59 Å². The molecule has 0 saturated carbocycles. The molecule has 0 aliphatic carbocycles. The van der Waals surface area contributed by atoms with E-state index in [-0.39, 0.29) is 43.2 Å². The first-order valence-electron chi connectivity index (χ1n) is 3.49. The smallest absolute Gasteiger partial charge is 1.00 e. The van der Waals surface area contributed by atoms with Crippen LogP contribution in [0, 0.1) is 0 Å². The van der Waals surface area contributed by atoms with Crippen LogP contribution in [0.25, 0.3) is 0 Å². The van der Waals surface area contributed by atoms with Gasteiger partial charge in [-0.15, -0.1) is 11.3 Å². The third-order valence-corrected chi connectivity index (χ3v) is 3.05. The van der Waals surface area contributed by atoms with Gasteiger partial charge in [0.25, 0.3) is 0 Å². The fourth-order valence-corrected chi connectivity index (χ4v) is 2.08. The van der Waals surface area contributed by atoms with Gasteiger partial charge in [0.2, 0.25) is 0 Å². The van der Waals surface area contributed by atoms with E-state index in [0.29, 0.717) is 4.88 Å². The molecule has 0 aliphatic heterocycles. The molecule has 0 spiro atoms. The molecule has 3 nitrogen and oxygen atoms in total. The Labute approximate surface area is 118 Å². The van der Waals surface area contributed by atoms with Crippen LogP contribution in [0.15, 0.2) is 15.9 Å². The van der Waals surface area contributed by atoms with Crippen molar-refractivity contribution in [1.29, 1.82) is 0 Å². The third kappa shape index (κ3) is 4.23. The Morgan fingerprint density at radius 1 is 1.57 bits per heavy atom. The Hall–Kier alpha value is 0.320. The molecule has 0 amide bonds. The van der Waals surface area contributed by atoms with Gasteiger partial charge in [-0.25, -0.2) is 0 Å². The summed E-state index contributed by atoms with van der Waals surface area (Å²) in [5.74, 6) is -0.711. The molecule has 1 aromatic heterocycles. The average molecular weight is 287 g/mol. The predicted octanol–water partition coefficient (Wildman–Crippen LogP) is -0.627. The second-order valence-electron chi connectivity index (χ2n) is 2.28. The Kier molecular flexibility index (Phi) is 6.89. The maximum Gasteiger partial charge on any atom is 1.00 e.